The van der Waals surface area contributed by atoms with Crippen LogP contribution < -0.4 is 0 Å². The van der Waals surface area contributed by atoms with Gasteiger partial charge in [0.05, 0.1) is 5.92 Å². The average molecular weight is 236 g/mol. The fraction of sp³-hybridized carbons (Fsp3) is 0.462. The molecule has 16 heavy (non-hydrogen) atoms. The number of thioether (sulfide) groups is 1. The van der Waals surface area contributed by atoms with Crippen molar-refractivity contribution in [3.05, 3.63) is 29.3 Å². The van der Waals surface area contributed by atoms with Crippen molar-refractivity contribution >= 4 is 17.7 Å². The van der Waals surface area contributed by atoms with Crippen LogP contribution in [0.3, 0.4) is 0 Å². The van der Waals surface area contributed by atoms with E-state index in [-0.39, 0.29) is 5.92 Å². The van der Waals surface area contributed by atoms with E-state index in [9.17, 15) is 4.79 Å². The highest BCUT2D eigenvalue weighted by molar-refractivity contribution is 7.99. The van der Waals surface area contributed by atoms with Gasteiger partial charge in [-0.1, -0.05) is 26.0 Å². The van der Waals surface area contributed by atoms with Crippen LogP contribution in [-0.4, -0.2) is 16.8 Å². The second-order valence-electron chi connectivity index (χ2n) is 4.53. The van der Waals surface area contributed by atoms with E-state index in [0.29, 0.717) is 12.3 Å². The number of carbonyl (C=O) groups is 1. The number of hydrogen-bond acceptors (Lipinski definition) is 2. The Hall–Kier alpha value is -0.960. The van der Waals surface area contributed by atoms with Crippen LogP contribution >= 0.6 is 11.8 Å². The predicted octanol–water partition coefficient (Wildman–Crippen LogP) is 3.16. The van der Waals surface area contributed by atoms with Gasteiger partial charge in [-0.05, 0) is 29.5 Å². The quantitative estimate of drug-likeness (QED) is 0.876. The minimum atomic E-state index is -0.721. The SMILES string of the molecule is CC(Cc1ccc2c(c1)SCC2C)C(=O)O. The third-order valence-electron chi connectivity index (χ3n) is 3.06. The number of carboxylic acid groups (broad SMARTS) is 1. The summed E-state index contributed by atoms with van der Waals surface area (Å²) in [4.78, 5) is 12.1. The molecule has 0 aliphatic carbocycles. The molecule has 0 saturated heterocycles. The standard InChI is InChI=1S/C13H16O2S/c1-8(13(14)15)5-10-3-4-11-9(2)7-16-12(11)6-10/h3-4,6,8-9H,5,7H2,1-2H3,(H,14,15). The van der Waals surface area contributed by atoms with Gasteiger partial charge >= 0.3 is 5.97 Å². The van der Waals surface area contributed by atoms with Crippen LogP contribution in [0.15, 0.2) is 23.1 Å². The number of hydrogen-bond donors (Lipinski definition) is 1. The maximum absolute atomic E-state index is 10.8. The van der Waals surface area contributed by atoms with Crippen molar-refractivity contribution in [1.29, 1.82) is 0 Å². The molecule has 0 amide bonds. The Bertz CT molecular complexity index is 414. The number of rotatable bonds is 3. The fourth-order valence-corrected chi connectivity index (χ4v) is 3.26. The van der Waals surface area contributed by atoms with Crippen molar-refractivity contribution in [2.45, 2.75) is 31.1 Å². The summed E-state index contributed by atoms with van der Waals surface area (Å²) in [6, 6.07) is 6.38. The molecule has 0 saturated carbocycles. The molecule has 0 fully saturated rings. The Morgan fingerprint density at radius 1 is 1.62 bits per heavy atom. The normalized spacial score (nSPS) is 20.5. The van der Waals surface area contributed by atoms with Crippen LogP contribution in [0.25, 0.3) is 0 Å². The first kappa shape index (κ1) is 11.5. The molecule has 1 aromatic carbocycles. The fourth-order valence-electron chi connectivity index (χ4n) is 1.98. The van der Waals surface area contributed by atoms with Crippen LogP contribution in [0.2, 0.25) is 0 Å². The number of fused-ring (bicyclic) bond motifs is 1. The maximum Gasteiger partial charge on any atom is 0.306 e. The van der Waals surface area contributed by atoms with Gasteiger partial charge in [-0.15, -0.1) is 11.8 Å². The molecule has 1 aliphatic rings. The molecule has 1 aromatic rings. The average Bonchev–Trinajstić information content (AvgIpc) is 2.60. The van der Waals surface area contributed by atoms with E-state index >= 15 is 0 Å². The van der Waals surface area contributed by atoms with Gasteiger partial charge in [-0.25, -0.2) is 0 Å². The molecule has 2 nitrogen and oxygen atoms in total. The van der Waals surface area contributed by atoms with Crippen LogP contribution in [0.5, 0.6) is 0 Å². The summed E-state index contributed by atoms with van der Waals surface area (Å²) in [5, 5.41) is 8.87. The lowest BCUT2D eigenvalue weighted by Crippen LogP contribution is -2.12. The summed E-state index contributed by atoms with van der Waals surface area (Å²) in [5.41, 5.74) is 2.55. The molecular formula is C13H16O2S. The van der Waals surface area contributed by atoms with Gasteiger partial charge in [0.15, 0.2) is 0 Å². The van der Waals surface area contributed by atoms with E-state index in [1.54, 1.807) is 6.92 Å². The highest BCUT2D eigenvalue weighted by Crippen LogP contribution is 2.39. The Kier molecular flexibility index (Phi) is 3.24. The number of aliphatic carboxylic acids is 1. The molecule has 2 rings (SSSR count). The summed E-state index contributed by atoms with van der Waals surface area (Å²) < 4.78 is 0. The van der Waals surface area contributed by atoms with Gasteiger partial charge in [0.2, 0.25) is 0 Å². The maximum atomic E-state index is 10.8. The van der Waals surface area contributed by atoms with Crippen molar-refractivity contribution < 1.29 is 9.90 Å². The van der Waals surface area contributed by atoms with Crippen LogP contribution in [0.4, 0.5) is 0 Å². The third kappa shape index (κ3) is 2.24. The number of carboxylic acids is 1. The zero-order valence-electron chi connectivity index (χ0n) is 9.56. The largest absolute Gasteiger partial charge is 0.481 e. The summed E-state index contributed by atoms with van der Waals surface area (Å²) in [7, 11) is 0. The minimum Gasteiger partial charge on any atom is -0.481 e. The van der Waals surface area contributed by atoms with E-state index in [1.165, 1.54) is 10.5 Å². The molecule has 2 unspecified atom stereocenters. The first-order chi connectivity index (χ1) is 7.58. The molecule has 1 N–H and O–H groups in total. The summed E-state index contributed by atoms with van der Waals surface area (Å²) in [6.07, 6.45) is 0.623. The Morgan fingerprint density at radius 3 is 3.06 bits per heavy atom. The van der Waals surface area contributed by atoms with Crippen molar-refractivity contribution in [1.82, 2.24) is 0 Å². The molecule has 0 aromatic heterocycles. The van der Waals surface area contributed by atoms with Crippen LogP contribution in [0.1, 0.15) is 30.9 Å². The Morgan fingerprint density at radius 2 is 2.38 bits per heavy atom. The first-order valence-corrected chi connectivity index (χ1v) is 6.55. The molecule has 0 bridgehead atoms. The molecule has 2 atom stereocenters. The van der Waals surface area contributed by atoms with Gasteiger partial charge in [0, 0.05) is 10.6 Å². The smallest absolute Gasteiger partial charge is 0.306 e. The van der Waals surface area contributed by atoms with E-state index in [4.69, 9.17) is 5.11 Å². The minimum absolute atomic E-state index is 0.304. The topological polar surface area (TPSA) is 37.3 Å². The second kappa shape index (κ2) is 4.50. The van der Waals surface area contributed by atoms with Gasteiger partial charge in [-0.2, -0.15) is 0 Å². The van der Waals surface area contributed by atoms with Gasteiger partial charge in [-0.3, -0.25) is 4.79 Å². The highest BCUT2D eigenvalue weighted by atomic mass is 32.2. The van der Waals surface area contributed by atoms with Gasteiger partial charge in [0.25, 0.3) is 0 Å². The molecule has 1 heterocycles. The van der Waals surface area contributed by atoms with Crippen LogP contribution in [0, 0.1) is 5.92 Å². The zero-order valence-corrected chi connectivity index (χ0v) is 10.4. The second-order valence-corrected chi connectivity index (χ2v) is 5.59. The van der Waals surface area contributed by atoms with Crippen molar-refractivity contribution in [2.75, 3.05) is 5.75 Å². The summed E-state index contributed by atoms with van der Waals surface area (Å²) in [5.74, 6) is 0.752. The van der Waals surface area contributed by atoms with Gasteiger partial charge < -0.3 is 5.11 Å². The van der Waals surface area contributed by atoms with E-state index in [1.807, 2.05) is 11.8 Å². The van der Waals surface area contributed by atoms with Crippen LogP contribution in [-0.2, 0) is 11.2 Å². The molecular weight excluding hydrogens is 220 g/mol. The van der Waals surface area contributed by atoms with E-state index < -0.39 is 5.97 Å². The monoisotopic (exact) mass is 236 g/mol. The van der Waals surface area contributed by atoms with Crippen molar-refractivity contribution in [2.24, 2.45) is 5.92 Å². The lowest BCUT2D eigenvalue weighted by Gasteiger charge is -2.08. The zero-order chi connectivity index (χ0) is 11.7. The molecule has 86 valence electrons. The lowest BCUT2D eigenvalue weighted by molar-refractivity contribution is -0.141. The summed E-state index contributed by atoms with van der Waals surface area (Å²) in [6.45, 7) is 3.99. The first-order valence-electron chi connectivity index (χ1n) is 5.56. The Labute approximate surface area is 100 Å². The molecule has 1 aliphatic heterocycles. The Balaban J connectivity index is 2.16. The highest BCUT2D eigenvalue weighted by Gasteiger charge is 2.20. The lowest BCUT2D eigenvalue weighted by atomic mass is 9.97. The molecule has 0 radical (unpaired) electrons. The van der Waals surface area contributed by atoms with Crippen molar-refractivity contribution in [3.63, 3.8) is 0 Å². The molecule has 0 spiro atoms. The van der Waals surface area contributed by atoms with Crippen molar-refractivity contribution in [3.8, 4) is 0 Å². The van der Waals surface area contributed by atoms with Gasteiger partial charge in [0.1, 0.15) is 0 Å². The van der Waals surface area contributed by atoms with E-state index in [0.717, 1.165) is 11.3 Å². The third-order valence-corrected chi connectivity index (χ3v) is 4.39. The predicted molar refractivity (Wildman–Crippen MR) is 66.1 cm³/mol. The molecule has 3 heteroatoms. The number of benzene rings is 1. The summed E-state index contributed by atoms with van der Waals surface area (Å²) >= 11 is 1.88. The van der Waals surface area contributed by atoms with E-state index in [2.05, 4.69) is 25.1 Å².